The third-order valence-corrected chi connectivity index (χ3v) is 2.90. The third-order valence-electron chi connectivity index (χ3n) is 2.90. The van der Waals surface area contributed by atoms with Crippen molar-refractivity contribution in [3.8, 4) is 5.75 Å². The Morgan fingerprint density at radius 3 is 2.50 bits per heavy atom. The first kappa shape index (κ1) is 12.2. The smallest absolute Gasteiger partial charge is 0.291 e. The number of para-hydroxylation sites is 2. The van der Waals surface area contributed by atoms with E-state index in [2.05, 4.69) is 5.32 Å². The van der Waals surface area contributed by atoms with Gasteiger partial charge in [0.2, 0.25) is 0 Å². The standard InChI is InChI=1S/C16H11NO3/c18-13(11-6-2-1-3-7-11)10-15-16(19)17-12-8-4-5-9-14(12)20-15/h1-10H,(H,17,19)/b15-10+. The lowest BCUT2D eigenvalue weighted by molar-refractivity contribution is -0.115. The number of hydrogen-bond donors (Lipinski definition) is 1. The van der Waals surface area contributed by atoms with E-state index in [-0.39, 0.29) is 11.5 Å². The molecular formula is C16H11NO3. The number of carbonyl (C=O) groups excluding carboxylic acids is 2. The highest BCUT2D eigenvalue weighted by Crippen LogP contribution is 2.30. The van der Waals surface area contributed by atoms with E-state index in [1.807, 2.05) is 6.07 Å². The molecule has 0 radical (unpaired) electrons. The van der Waals surface area contributed by atoms with Gasteiger partial charge < -0.3 is 10.1 Å². The van der Waals surface area contributed by atoms with Crippen molar-refractivity contribution in [2.75, 3.05) is 5.32 Å². The first-order chi connectivity index (χ1) is 9.74. The molecule has 0 spiro atoms. The predicted molar refractivity (Wildman–Crippen MR) is 74.6 cm³/mol. The van der Waals surface area contributed by atoms with Crippen LogP contribution in [0.25, 0.3) is 0 Å². The van der Waals surface area contributed by atoms with Crippen molar-refractivity contribution in [2.24, 2.45) is 0 Å². The Kier molecular flexibility index (Phi) is 3.05. The Morgan fingerprint density at radius 2 is 1.70 bits per heavy atom. The number of allylic oxidation sites excluding steroid dienone is 1. The number of anilines is 1. The lowest BCUT2D eigenvalue weighted by Gasteiger charge is -2.19. The summed E-state index contributed by atoms with van der Waals surface area (Å²) in [5, 5.41) is 2.68. The number of carbonyl (C=O) groups is 2. The minimum Gasteiger partial charge on any atom is -0.449 e. The second kappa shape index (κ2) is 5.01. The van der Waals surface area contributed by atoms with Gasteiger partial charge in [0.15, 0.2) is 17.3 Å². The van der Waals surface area contributed by atoms with Crippen LogP contribution >= 0.6 is 0 Å². The molecule has 1 N–H and O–H groups in total. The number of benzene rings is 2. The van der Waals surface area contributed by atoms with E-state index in [1.165, 1.54) is 6.08 Å². The maximum absolute atomic E-state index is 12.0. The van der Waals surface area contributed by atoms with E-state index in [4.69, 9.17) is 4.74 Å². The summed E-state index contributed by atoms with van der Waals surface area (Å²) in [5.74, 6) is -0.167. The zero-order valence-corrected chi connectivity index (χ0v) is 10.5. The van der Waals surface area contributed by atoms with Crippen LogP contribution in [0.1, 0.15) is 10.4 Å². The molecule has 0 aliphatic carbocycles. The van der Waals surface area contributed by atoms with Crippen LogP contribution in [0.15, 0.2) is 66.4 Å². The SMILES string of the molecule is O=C1Nc2ccccc2O/C1=C/C(=O)c1ccccc1. The number of hydrogen-bond acceptors (Lipinski definition) is 3. The zero-order chi connectivity index (χ0) is 13.9. The molecule has 2 aromatic rings. The molecule has 1 heterocycles. The summed E-state index contributed by atoms with van der Waals surface area (Å²) in [4.78, 5) is 23.9. The summed E-state index contributed by atoms with van der Waals surface area (Å²) in [6.45, 7) is 0. The molecule has 98 valence electrons. The van der Waals surface area contributed by atoms with Crippen LogP contribution in [0.3, 0.4) is 0 Å². The Labute approximate surface area is 115 Å². The molecule has 0 aromatic heterocycles. The summed E-state index contributed by atoms with van der Waals surface area (Å²) in [7, 11) is 0. The van der Waals surface area contributed by atoms with Crippen molar-refractivity contribution >= 4 is 17.4 Å². The Bertz CT molecular complexity index is 705. The molecule has 0 saturated heterocycles. The Balaban J connectivity index is 1.90. The topological polar surface area (TPSA) is 55.4 Å². The number of amides is 1. The zero-order valence-electron chi connectivity index (χ0n) is 10.5. The van der Waals surface area contributed by atoms with Crippen LogP contribution in [0.5, 0.6) is 5.75 Å². The summed E-state index contributed by atoms with van der Waals surface area (Å²) in [6, 6.07) is 15.8. The van der Waals surface area contributed by atoms with E-state index >= 15 is 0 Å². The monoisotopic (exact) mass is 265 g/mol. The van der Waals surface area contributed by atoms with Gasteiger partial charge in [-0.1, -0.05) is 42.5 Å². The molecule has 1 aliphatic rings. The summed E-state index contributed by atoms with van der Waals surface area (Å²) >= 11 is 0. The fourth-order valence-corrected chi connectivity index (χ4v) is 1.91. The molecule has 0 saturated carbocycles. The van der Waals surface area contributed by atoms with Gasteiger partial charge in [0.05, 0.1) is 5.69 Å². The summed E-state index contributed by atoms with van der Waals surface area (Å²) in [5.41, 5.74) is 1.11. The van der Waals surface area contributed by atoms with Gasteiger partial charge in [0, 0.05) is 11.6 Å². The molecule has 0 unspecified atom stereocenters. The predicted octanol–water partition coefficient (Wildman–Crippen LogP) is 2.78. The number of nitrogens with one attached hydrogen (secondary N) is 1. The van der Waals surface area contributed by atoms with E-state index in [0.717, 1.165) is 0 Å². The van der Waals surface area contributed by atoms with E-state index < -0.39 is 5.91 Å². The first-order valence-corrected chi connectivity index (χ1v) is 6.13. The maximum Gasteiger partial charge on any atom is 0.291 e. The average Bonchev–Trinajstić information content (AvgIpc) is 2.49. The Morgan fingerprint density at radius 1 is 1.00 bits per heavy atom. The van der Waals surface area contributed by atoms with Gasteiger partial charge in [-0.05, 0) is 12.1 Å². The molecule has 1 aliphatic heterocycles. The number of rotatable bonds is 2. The fraction of sp³-hybridized carbons (Fsp3) is 0. The largest absolute Gasteiger partial charge is 0.449 e. The van der Waals surface area contributed by atoms with Crippen molar-refractivity contribution in [1.82, 2.24) is 0 Å². The van der Waals surface area contributed by atoms with Crippen molar-refractivity contribution in [1.29, 1.82) is 0 Å². The van der Waals surface area contributed by atoms with Crippen LogP contribution in [0, 0.1) is 0 Å². The fourth-order valence-electron chi connectivity index (χ4n) is 1.91. The molecule has 4 nitrogen and oxygen atoms in total. The van der Waals surface area contributed by atoms with E-state index in [0.29, 0.717) is 17.0 Å². The molecule has 20 heavy (non-hydrogen) atoms. The van der Waals surface area contributed by atoms with Crippen molar-refractivity contribution in [3.05, 3.63) is 72.0 Å². The normalized spacial score (nSPS) is 15.2. The van der Waals surface area contributed by atoms with Crippen LogP contribution in [-0.4, -0.2) is 11.7 Å². The minimum atomic E-state index is -0.423. The Hall–Kier alpha value is -2.88. The van der Waals surface area contributed by atoms with Gasteiger partial charge in [0.1, 0.15) is 0 Å². The first-order valence-electron chi connectivity index (χ1n) is 6.13. The van der Waals surface area contributed by atoms with Crippen molar-refractivity contribution in [3.63, 3.8) is 0 Å². The third kappa shape index (κ3) is 2.31. The average molecular weight is 265 g/mol. The van der Waals surface area contributed by atoms with Gasteiger partial charge in [-0.25, -0.2) is 0 Å². The summed E-state index contributed by atoms with van der Waals surface area (Å²) in [6.07, 6.45) is 1.21. The van der Waals surface area contributed by atoms with Crippen LogP contribution < -0.4 is 10.1 Å². The molecule has 0 fully saturated rings. The minimum absolute atomic E-state index is 0.00227. The highest BCUT2D eigenvalue weighted by molar-refractivity contribution is 6.13. The second-order valence-corrected chi connectivity index (χ2v) is 4.29. The van der Waals surface area contributed by atoms with E-state index in [9.17, 15) is 9.59 Å². The van der Waals surface area contributed by atoms with Gasteiger partial charge >= 0.3 is 0 Å². The van der Waals surface area contributed by atoms with Crippen LogP contribution in [-0.2, 0) is 4.79 Å². The highest BCUT2D eigenvalue weighted by Gasteiger charge is 2.22. The molecule has 1 amide bonds. The van der Waals surface area contributed by atoms with E-state index in [1.54, 1.807) is 48.5 Å². The molecule has 2 aromatic carbocycles. The van der Waals surface area contributed by atoms with Crippen LogP contribution in [0.4, 0.5) is 5.69 Å². The maximum atomic E-state index is 12.0. The van der Waals surface area contributed by atoms with Gasteiger partial charge in [0.25, 0.3) is 5.91 Å². The molecular weight excluding hydrogens is 254 g/mol. The number of ether oxygens (including phenoxy) is 1. The van der Waals surface area contributed by atoms with Gasteiger partial charge in [-0.3, -0.25) is 9.59 Å². The van der Waals surface area contributed by atoms with Crippen molar-refractivity contribution < 1.29 is 14.3 Å². The second-order valence-electron chi connectivity index (χ2n) is 4.29. The van der Waals surface area contributed by atoms with Crippen molar-refractivity contribution in [2.45, 2.75) is 0 Å². The summed E-state index contributed by atoms with van der Waals surface area (Å²) < 4.78 is 5.46. The number of ketones is 1. The molecule has 3 rings (SSSR count). The van der Waals surface area contributed by atoms with Gasteiger partial charge in [-0.2, -0.15) is 0 Å². The highest BCUT2D eigenvalue weighted by atomic mass is 16.5. The quantitative estimate of drug-likeness (QED) is 0.671. The lowest BCUT2D eigenvalue weighted by Crippen LogP contribution is -2.24. The molecule has 0 atom stereocenters. The lowest BCUT2D eigenvalue weighted by atomic mass is 10.1. The number of fused-ring (bicyclic) bond motifs is 1. The van der Waals surface area contributed by atoms with Crippen LogP contribution in [0.2, 0.25) is 0 Å². The molecule has 0 bridgehead atoms. The molecule has 4 heteroatoms. The van der Waals surface area contributed by atoms with Gasteiger partial charge in [-0.15, -0.1) is 0 Å².